The number of rotatable bonds is 5. The molecule has 2 N–H and O–H groups in total. The Bertz CT molecular complexity index is 501. The van der Waals surface area contributed by atoms with Gasteiger partial charge in [-0.3, -0.25) is 4.79 Å². The van der Waals surface area contributed by atoms with Gasteiger partial charge in [-0.2, -0.15) is 0 Å². The van der Waals surface area contributed by atoms with E-state index in [2.05, 4.69) is 24.5 Å². The second kappa shape index (κ2) is 6.35. The molecule has 0 saturated heterocycles. The SMILES string of the molecule is CCNC(c1cc2c(cc1F)NC(=O)CC2)C(C)CC. The van der Waals surface area contributed by atoms with Crippen LogP contribution in [0.1, 0.15) is 50.8 Å². The smallest absolute Gasteiger partial charge is 0.224 e. The third-order valence-electron chi connectivity index (χ3n) is 4.09. The third-order valence-corrected chi connectivity index (χ3v) is 4.09. The average molecular weight is 278 g/mol. The van der Waals surface area contributed by atoms with E-state index < -0.39 is 0 Å². The van der Waals surface area contributed by atoms with Crippen molar-refractivity contribution in [2.75, 3.05) is 11.9 Å². The van der Waals surface area contributed by atoms with Gasteiger partial charge >= 0.3 is 0 Å². The summed E-state index contributed by atoms with van der Waals surface area (Å²) in [6.07, 6.45) is 2.16. The first-order valence-corrected chi connectivity index (χ1v) is 7.42. The van der Waals surface area contributed by atoms with E-state index in [1.165, 1.54) is 6.07 Å². The molecule has 1 amide bonds. The van der Waals surface area contributed by atoms with Crippen molar-refractivity contribution in [1.29, 1.82) is 0 Å². The normalized spacial score (nSPS) is 17.3. The predicted molar refractivity (Wildman–Crippen MR) is 79.2 cm³/mol. The Morgan fingerprint density at radius 3 is 2.75 bits per heavy atom. The van der Waals surface area contributed by atoms with Crippen LogP contribution < -0.4 is 10.6 Å². The van der Waals surface area contributed by atoms with Gasteiger partial charge in [0.05, 0.1) is 0 Å². The zero-order valence-electron chi connectivity index (χ0n) is 12.4. The van der Waals surface area contributed by atoms with Crippen LogP contribution in [0, 0.1) is 11.7 Å². The molecule has 0 radical (unpaired) electrons. The van der Waals surface area contributed by atoms with Gasteiger partial charge in [0.2, 0.25) is 5.91 Å². The van der Waals surface area contributed by atoms with E-state index in [1.807, 2.05) is 13.0 Å². The van der Waals surface area contributed by atoms with E-state index in [9.17, 15) is 9.18 Å². The lowest BCUT2D eigenvalue weighted by atomic mass is 9.89. The molecule has 2 rings (SSSR count). The molecule has 0 aromatic heterocycles. The number of halogens is 1. The highest BCUT2D eigenvalue weighted by Crippen LogP contribution is 2.32. The predicted octanol–water partition coefficient (Wildman–Crippen LogP) is 3.41. The second-order valence-corrected chi connectivity index (χ2v) is 5.50. The number of carbonyl (C=O) groups is 1. The first-order chi connectivity index (χ1) is 9.56. The number of fused-ring (bicyclic) bond motifs is 1. The van der Waals surface area contributed by atoms with Gasteiger partial charge in [-0.15, -0.1) is 0 Å². The zero-order valence-corrected chi connectivity index (χ0v) is 12.4. The van der Waals surface area contributed by atoms with Crippen molar-refractivity contribution >= 4 is 11.6 Å². The molecular formula is C16H23FN2O. The highest BCUT2D eigenvalue weighted by Gasteiger charge is 2.24. The Morgan fingerprint density at radius 1 is 1.35 bits per heavy atom. The van der Waals surface area contributed by atoms with Crippen LogP contribution in [0.2, 0.25) is 0 Å². The van der Waals surface area contributed by atoms with Crippen molar-refractivity contribution in [3.8, 4) is 0 Å². The van der Waals surface area contributed by atoms with Crippen molar-refractivity contribution < 1.29 is 9.18 Å². The summed E-state index contributed by atoms with van der Waals surface area (Å²) in [7, 11) is 0. The van der Waals surface area contributed by atoms with Crippen LogP contribution in [0.3, 0.4) is 0 Å². The molecule has 4 heteroatoms. The second-order valence-electron chi connectivity index (χ2n) is 5.50. The molecule has 2 unspecified atom stereocenters. The van der Waals surface area contributed by atoms with Crippen molar-refractivity contribution in [2.24, 2.45) is 5.92 Å². The Labute approximate surface area is 120 Å². The summed E-state index contributed by atoms with van der Waals surface area (Å²) < 4.78 is 14.4. The fourth-order valence-electron chi connectivity index (χ4n) is 2.73. The van der Waals surface area contributed by atoms with E-state index in [1.54, 1.807) is 0 Å². The van der Waals surface area contributed by atoms with Gasteiger partial charge in [-0.25, -0.2) is 4.39 Å². The number of aryl methyl sites for hydroxylation is 1. The summed E-state index contributed by atoms with van der Waals surface area (Å²) >= 11 is 0. The van der Waals surface area contributed by atoms with Crippen molar-refractivity contribution in [3.05, 3.63) is 29.1 Å². The number of anilines is 1. The van der Waals surface area contributed by atoms with Crippen molar-refractivity contribution in [3.63, 3.8) is 0 Å². The van der Waals surface area contributed by atoms with Gasteiger partial charge in [0, 0.05) is 23.7 Å². The highest BCUT2D eigenvalue weighted by molar-refractivity contribution is 5.93. The van der Waals surface area contributed by atoms with Crippen LogP contribution in [0.15, 0.2) is 12.1 Å². The molecular weight excluding hydrogens is 255 g/mol. The van der Waals surface area contributed by atoms with Gasteiger partial charge in [0.25, 0.3) is 0 Å². The summed E-state index contributed by atoms with van der Waals surface area (Å²) in [6, 6.07) is 3.41. The lowest BCUT2D eigenvalue weighted by molar-refractivity contribution is -0.116. The molecule has 0 bridgehead atoms. The van der Waals surface area contributed by atoms with Crippen LogP contribution in [-0.2, 0) is 11.2 Å². The van der Waals surface area contributed by atoms with E-state index in [-0.39, 0.29) is 17.8 Å². The monoisotopic (exact) mass is 278 g/mol. The molecule has 110 valence electrons. The highest BCUT2D eigenvalue weighted by atomic mass is 19.1. The van der Waals surface area contributed by atoms with Crippen LogP contribution in [0.5, 0.6) is 0 Å². The molecule has 1 heterocycles. The van der Waals surface area contributed by atoms with Gasteiger partial charge in [-0.1, -0.05) is 27.2 Å². The quantitative estimate of drug-likeness (QED) is 0.866. The van der Waals surface area contributed by atoms with Crippen LogP contribution >= 0.6 is 0 Å². The third kappa shape index (κ3) is 3.01. The summed E-state index contributed by atoms with van der Waals surface area (Å²) in [4.78, 5) is 11.4. The fraction of sp³-hybridized carbons (Fsp3) is 0.562. The molecule has 1 aliphatic heterocycles. The minimum absolute atomic E-state index is 0.0212. The van der Waals surface area contributed by atoms with E-state index in [0.717, 1.165) is 24.1 Å². The number of hydrogen-bond acceptors (Lipinski definition) is 2. The summed E-state index contributed by atoms with van der Waals surface area (Å²) in [5.74, 6) is 0.0905. The summed E-state index contributed by atoms with van der Waals surface area (Å²) in [5, 5.41) is 6.12. The van der Waals surface area contributed by atoms with Crippen LogP contribution in [0.4, 0.5) is 10.1 Å². The number of amides is 1. The zero-order chi connectivity index (χ0) is 14.7. The molecule has 3 nitrogen and oxygen atoms in total. The number of benzene rings is 1. The Kier molecular flexibility index (Phi) is 4.76. The topological polar surface area (TPSA) is 41.1 Å². The first kappa shape index (κ1) is 15.0. The maximum Gasteiger partial charge on any atom is 0.224 e. The lowest BCUT2D eigenvalue weighted by Crippen LogP contribution is -2.28. The molecule has 0 spiro atoms. The number of hydrogen-bond donors (Lipinski definition) is 2. The molecule has 2 atom stereocenters. The van der Waals surface area contributed by atoms with E-state index in [0.29, 0.717) is 24.4 Å². The Balaban J connectivity index is 2.38. The summed E-state index contributed by atoms with van der Waals surface area (Å²) in [6.45, 7) is 7.09. The summed E-state index contributed by atoms with van der Waals surface area (Å²) in [5.41, 5.74) is 2.38. The minimum Gasteiger partial charge on any atom is -0.326 e. The lowest BCUT2D eigenvalue weighted by Gasteiger charge is -2.27. The van der Waals surface area contributed by atoms with E-state index in [4.69, 9.17) is 0 Å². The van der Waals surface area contributed by atoms with Gasteiger partial charge in [-0.05, 0) is 36.6 Å². The van der Waals surface area contributed by atoms with Gasteiger partial charge in [0.1, 0.15) is 5.82 Å². The van der Waals surface area contributed by atoms with Crippen molar-refractivity contribution in [2.45, 2.75) is 46.1 Å². The standard InChI is InChI=1S/C16H23FN2O/c1-4-10(3)16(18-5-2)12-8-11-6-7-15(20)19-14(11)9-13(12)17/h8-10,16,18H,4-7H2,1-3H3,(H,19,20). The van der Waals surface area contributed by atoms with E-state index >= 15 is 0 Å². The Morgan fingerprint density at radius 2 is 2.10 bits per heavy atom. The largest absolute Gasteiger partial charge is 0.326 e. The minimum atomic E-state index is -0.239. The van der Waals surface area contributed by atoms with Crippen LogP contribution in [0.25, 0.3) is 0 Å². The number of carbonyl (C=O) groups excluding carboxylic acids is 1. The van der Waals surface area contributed by atoms with Gasteiger partial charge < -0.3 is 10.6 Å². The fourth-order valence-corrected chi connectivity index (χ4v) is 2.73. The molecule has 20 heavy (non-hydrogen) atoms. The molecule has 1 aromatic rings. The molecule has 1 aliphatic rings. The van der Waals surface area contributed by atoms with Crippen molar-refractivity contribution in [1.82, 2.24) is 5.32 Å². The van der Waals surface area contributed by atoms with Crippen LogP contribution in [-0.4, -0.2) is 12.5 Å². The molecule has 0 aliphatic carbocycles. The molecule has 0 fully saturated rings. The Hall–Kier alpha value is -1.42. The number of nitrogens with one attached hydrogen (secondary N) is 2. The first-order valence-electron chi connectivity index (χ1n) is 7.42. The maximum atomic E-state index is 14.4. The maximum absolute atomic E-state index is 14.4. The molecule has 1 aromatic carbocycles. The average Bonchev–Trinajstić information content (AvgIpc) is 2.43. The molecule has 0 saturated carbocycles. The van der Waals surface area contributed by atoms with Gasteiger partial charge in [0.15, 0.2) is 0 Å².